The Labute approximate surface area is 242 Å². The molecule has 3 unspecified atom stereocenters. The van der Waals surface area contributed by atoms with E-state index in [9.17, 15) is 14.7 Å². The molecule has 2 saturated heterocycles. The number of β-amino-alcohol motifs (C(OH)–C–C–N with tert-alkyl or cyclic N) is 1. The number of aliphatic hydroxyl groups excluding tert-OH is 1. The van der Waals surface area contributed by atoms with Crippen LogP contribution in [0.15, 0.2) is 30.3 Å². The maximum absolute atomic E-state index is 13.9. The predicted octanol–water partition coefficient (Wildman–Crippen LogP) is 5.18. The quantitative estimate of drug-likeness (QED) is 0.467. The molecule has 6 atom stereocenters. The molecule has 4 fully saturated rings. The molecule has 1 aromatic rings. The second-order valence-electron chi connectivity index (χ2n) is 14.5. The van der Waals surface area contributed by atoms with E-state index in [-0.39, 0.29) is 35.4 Å². The van der Waals surface area contributed by atoms with Crippen molar-refractivity contribution in [3.8, 4) is 0 Å². The summed E-state index contributed by atoms with van der Waals surface area (Å²) in [5, 5.41) is 14.7. The molecule has 6 heteroatoms. The minimum atomic E-state index is -0.669. The first kappa shape index (κ1) is 29.6. The molecule has 0 bridgehead atoms. The van der Waals surface area contributed by atoms with Crippen molar-refractivity contribution in [1.82, 2.24) is 15.1 Å². The summed E-state index contributed by atoms with van der Waals surface area (Å²) in [6.07, 6.45) is 13.0. The van der Waals surface area contributed by atoms with Gasteiger partial charge in [0.05, 0.1) is 12.1 Å². The van der Waals surface area contributed by atoms with E-state index in [0.717, 1.165) is 38.6 Å². The predicted molar refractivity (Wildman–Crippen MR) is 160 cm³/mol. The van der Waals surface area contributed by atoms with Crippen molar-refractivity contribution in [1.29, 1.82) is 0 Å². The summed E-state index contributed by atoms with van der Waals surface area (Å²) in [4.78, 5) is 31.6. The molecule has 2 aliphatic heterocycles. The summed E-state index contributed by atoms with van der Waals surface area (Å²) in [6, 6.07) is 10.4. The molecule has 4 aliphatic rings. The van der Waals surface area contributed by atoms with E-state index < -0.39 is 6.10 Å². The molecule has 2 saturated carbocycles. The molecule has 2 heterocycles. The van der Waals surface area contributed by atoms with Crippen molar-refractivity contribution < 1.29 is 14.7 Å². The van der Waals surface area contributed by atoms with Crippen LogP contribution in [0.1, 0.15) is 97.0 Å². The third-order valence-electron chi connectivity index (χ3n) is 10.3. The van der Waals surface area contributed by atoms with Crippen LogP contribution in [0.5, 0.6) is 0 Å². The van der Waals surface area contributed by atoms with Gasteiger partial charge < -0.3 is 15.3 Å². The van der Waals surface area contributed by atoms with Crippen LogP contribution in [0.25, 0.3) is 0 Å². The van der Waals surface area contributed by atoms with E-state index >= 15 is 0 Å². The van der Waals surface area contributed by atoms with Crippen LogP contribution in [0.2, 0.25) is 0 Å². The first-order valence-corrected chi connectivity index (χ1v) is 16.3. The fourth-order valence-electron chi connectivity index (χ4n) is 8.35. The highest BCUT2D eigenvalue weighted by molar-refractivity contribution is 5.83. The Bertz CT molecular complexity index is 986. The van der Waals surface area contributed by atoms with Gasteiger partial charge in [-0.15, -0.1) is 0 Å². The number of nitrogens with zero attached hydrogens (tertiary/aromatic N) is 2. The maximum Gasteiger partial charge on any atom is 0.237 e. The summed E-state index contributed by atoms with van der Waals surface area (Å²) in [6.45, 7) is 7.77. The van der Waals surface area contributed by atoms with Gasteiger partial charge in [0.2, 0.25) is 11.8 Å². The summed E-state index contributed by atoms with van der Waals surface area (Å²) in [7, 11) is 0. The van der Waals surface area contributed by atoms with Crippen molar-refractivity contribution >= 4 is 11.8 Å². The average molecular weight is 552 g/mol. The number of hydrogen-bond donors (Lipinski definition) is 2. The fraction of sp³-hybridized carbons (Fsp3) is 0.765. The Balaban J connectivity index is 1.29. The van der Waals surface area contributed by atoms with Crippen molar-refractivity contribution in [2.75, 3.05) is 19.6 Å². The van der Waals surface area contributed by atoms with Crippen molar-refractivity contribution in [3.63, 3.8) is 0 Å². The second-order valence-corrected chi connectivity index (χ2v) is 14.5. The highest BCUT2D eigenvalue weighted by Gasteiger charge is 2.45. The summed E-state index contributed by atoms with van der Waals surface area (Å²) in [5.41, 5.74) is 0.966. The molecular formula is C34H53N3O3. The molecule has 0 aromatic heterocycles. The van der Waals surface area contributed by atoms with Gasteiger partial charge in [0.1, 0.15) is 0 Å². The third kappa shape index (κ3) is 7.28. The lowest BCUT2D eigenvalue weighted by Crippen LogP contribution is -2.59. The molecule has 0 spiro atoms. The number of nitrogens with one attached hydrogen (secondary N) is 1. The van der Waals surface area contributed by atoms with Crippen molar-refractivity contribution in [2.24, 2.45) is 23.7 Å². The first-order valence-electron chi connectivity index (χ1n) is 16.3. The number of carbonyl (C=O) groups excluding carboxylic acids is 2. The molecule has 5 rings (SSSR count). The highest BCUT2D eigenvalue weighted by Crippen LogP contribution is 2.41. The topological polar surface area (TPSA) is 72.9 Å². The molecule has 1 aromatic carbocycles. The Morgan fingerprint density at radius 1 is 0.925 bits per heavy atom. The van der Waals surface area contributed by atoms with Gasteiger partial charge in [0, 0.05) is 37.1 Å². The molecule has 222 valence electrons. The Morgan fingerprint density at radius 3 is 2.27 bits per heavy atom. The van der Waals surface area contributed by atoms with Gasteiger partial charge in [-0.05, 0) is 82.6 Å². The zero-order valence-electron chi connectivity index (χ0n) is 25.2. The minimum Gasteiger partial charge on any atom is -0.390 e. The zero-order valence-corrected chi connectivity index (χ0v) is 25.2. The Hall–Kier alpha value is -1.92. The molecule has 6 nitrogen and oxygen atoms in total. The number of fused-ring (bicyclic) bond motifs is 1. The number of hydrogen-bond acceptors (Lipinski definition) is 4. The van der Waals surface area contributed by atoms with Gasteiger partial charge in [-0.3, -0.25) is 14.5 Å². The summed E-state index contributed by atoms with van der Waals surface area (Å²) >= 11 is 0. The van der Waals surface area contributed by atoms with E-state index in [1.54, 1.807) is 0 Å². The van der Waals surface area contributed by atoms with Crippen LogP contribution in [-0.2, 0) is 16.0 Å². The van der Waals surface area contributed by atoms with Crippen LogP contribution in [-0.4, -0.2) is 70.1 Å². The molecule has 40 heavy (non-hydrogen) atoms. The van der Waals surface area contributed by atoms with E-state index in [1.807, 2.05) is 31.7 Å². The lowest BCUT2D eigenvalue weighted by Gasteiger charge is -2.46. The molecular weight excluding hydrogens is 498 g/mol. The smallest absolute Gasteiger partial charge is 0.237 e. The van der Waals surface area contributed by atoms with Crippen LogP contribution >= 0.6 is 0 Å². The van der Waals surface area contributed by atoms with Crippen LogP contribution in [0, 0.1) is 23.7 Å². The van der Waals surface area contributed by atoms with Crippen LogP contribution in [0.4, 0.5) is 0 Å². The molecule has 0 radical (unpaired) electrons. The van der Waals surface area contributed by atoms with Crippen LogP contribution < -0.4 is 5.32 Å². The standard InChI is InChI=1S/C34H53N3O3/c1-34(2,3)35-32(39)31-19-26-16-10-11-17-27(26)21-36(31)22-29(38)23-37-28(18-24-12-6-4-7-13-24)20-30(33(37)40)25-14-8-5-9-15-25/h4,6-7,12-13,25-31,38H,5,8-11,14-23H2,1-3H3,(H,35,39)/t26-,27+,28-,29?,30?,31?/m0/s1. The van der Waals surface area contributed by atoms with Gasteiger partial charge >= 0.3 is 0 Å². The SMILES string of the molecule is CC(C)(C)NC(=O)C1C[C@@H]2CCCC[C@@H]2CN1CC(O)CN1C(=O)C(C2CCCCC2)C[C@@H]1Cc1ccccc1. The van der Waals surface area contributed by atoms with Gasteiger partial charge in [0.15, 0.2) is 0 Å². The normalized spacial score (nSPS) is 31.1. The molecule has 2 amide bonds. The minimum absolute atomic E-state index is 0.0836. The highest BCUT2D eigenvalue weighted by atomic mass is 16.3. The number of amides is 2. The molecule has 2 N–H and O–H groups in total. The number of rotatable bonds is 8. The van der Waals surface area contributed by atoms with E-state index in [4.69, 9.17) is 0 Å². The number of carbonyl (C=O) groups is 2. The lowest BCUT2D eigenvalue weighted by molar-refractivity contribution is -0.137. The average Bonchev–Trinajstić information content (AvgIpc) is 3.22. The zero-order chi connectivity index (χ0) is 28.3. The van der Waals surface area contributed by atoms with E-state index in [0.29, 0.717) is 30.8 Å². The fourth-order valence-corrected chi connectivity index (χ4v) is 8.35. The second kappa shape index (κ2) is 12.9. The first-order chi connectivity index (χ1) is 19.2. The lowest BCUT2D eigenvalue weighted by atomic mass is 9.72. The van der Waals surface area contributed by atoms with Crippen LogP contribution in [0.3, 0.4) is 0 Å². The van der Waals surface area contributed by atoms with Crippen molar-refractivity contribution in [2.45, 2.75) is 122 Å². The van der Waals surface area contributed by atoms with E-state index in [2.05, 4.69) is 34.5 Å². The Kier molecular flexibility index (Phi) is 9.56. The third-order valence-corrected chi connectivity index (χ3v) is 10.3. The number of likely N-dealkylation sites (tertiary alicyclic amines) is 2. The monoisotopic (exact) mass is 551 g/mol. The largest absolute Gasteiger partial charge is 0.390 e. The van der Waals surface area contributed by atoms with Crippen molar-refractivity contribution in [3.05, 3.63) is 35.9 Å². The Morgan fingerprint density at radius 2 is 1.57 bits per heavy atom. The number of aliphatic hydroxyl groups is 1. The summed E-state index contributed by atoms with van der Waals surface area (Å²) < 4.78 is 0. The summed E-state index contributed by atoms with van der Waals surface area (Å²) in [5.74, 6) is 2.11. The van der Waals surface area contributed by atoms with Gasteiger partial charge in [-0.1, -0.05) is 68.9 Å². The number of piperidine rings is 1. The van der Waals surface area contributed by atoms with Gasteiger partial charge in [0.25, 0.3) is 0 Å². The number of benzene rings is 1. The molecule has 2 aliphatic carbocycles. The van der Waals surface area contributed by atoms with Gasteiger partial charge in [-0.2, -0.15) is 0 Å². The van der Waals surface area contributed by atoms with Gasteiger partial charge in [-0.25, -0.2) is 0 Å². The maximum atomic E-state index is 13.9. The van der Waals surface area contributed by atoms with E-state index in [1.165, 1.54) is 50.5 Å².